The Hall–Kier alpha value is -2.90. The number of Topliss-reactive ketones (excluding diaryl/α,β-unsaturated/α-hetero) is 1. The quantitative estimate of drug-likeness (QED) is 0.402. The summed E-state index contributed by atoms with van der Waals surface area (Å²) in [4.78, 5) is 51.2. The molecule has 44 heavy (non-hydrogen) atoms. The average Bonchev–Trinajstić information content (AvgIpc) is 3.73. The molecule has 0 bridgehead atoms. The van der Waals surface area contributed by atoms with Gasteiger partial charge < -0.3 is 29.3 Å². The normalized spacial score (nSPS) is 23.2. The number of methoxy groups -OCH3 is 1. The number of thiazole rings is 1. The van der Waals surface area contributed by atoms with Gasteiger partial charge in [0.05, 0.1) is 18.8 Å². The highest BCUT2D eigenvalue weighted by Gasteiger charge is 2.53. The summed E-state index contributed by atoms with van der Waals surface area (Å²) >= 11 is 1.63. The van der Waals surface area contributed by atoms with Crippen molar-refractivity contribution in [3.05, 3.63) is 35.2 Å². The van der Waals surface area contributed by atoms with Gasteiger partial charge in [-0.3, -0.25) is 19.3 Å². The Morgan fingerprint density at radius 1 is 1.16 bits per heavy atom. The predicted octanol–water partition coefficient (Wildman–Crippen LogP) is 2.70. The molecule has 5 rings (SSSR count). The SMILES string of the molecule is CCO[C@H]1CN(C(=O)[C@H](CC(C)(C)C)NC(=O)c2ccc(-c3csc(N4CCN(CCOC)CC4)n3)cc2)[C@@H]2C(=O)CO[C@@H]12. The Kier molecular flexibility index (Phi) is 10.4. The van der Waals surface area contributed by atoms with Gasteiger partial charge in [0.25, 0.3) is 5.91 Å². The molecule has 1 N–H and O–H groups in total. The molecule has 3 aliphatic heterocycles. The standard InChI is InChI=1S/C32H45N5O6S/c1-6-42-26-18-37(27-25(38)19-43-28(26)27)30(40)23(17-32(2,3)4)33-29(39)22-9-7-21(8-10-22)24-20-44-31(34-24)36-13-11-35(12-14-36)15-16-41-5/h7-10,20,23,26-28H,6,11-19H2,1-5H3,(H,33,39)/t23-,26-,27+,28-/m0/s1. The van der Waals surface area contributed by atoms with Crippen LogP contribution in [-0.4, -0.2) is 123 Å². The number of hydrogen-bond donors (Lipinski definition) is 1. The van der Waals surface area contributed by atoms with E-state index in [4.69, 9.17) is 19.2 Å². The summed E-state index contributed by atoms with van der Waals surface area (Å²) in [5.74, 6) is -0.748. The van der Waals surface area contributed by atoms with Crippen molar-refractivity contribution in [2.45, 2.75) is 58.4 Å². The van der Waals surface area contributed by atoms with Crippen LogP contribution in [0.5, 0.6) is 0 Å². The molecule has 1 aromatic carbocycles. The Balaban J connectivity index is 1.24. The molecular weight excluding hydrogens is 582 g/mol. The number of carbonyl (C=O) groups excluding carboxylic acids is 3. The third kappa shape index (κ3) is 7.48. The van der Waals surface area contributed by atoms with Crippen LogP contribution in [0.1, 0.15) is 44.5 Å². The second-order valence-corrected chi connectivity index (χ2v) is 13.7. The highest BCUT2D eigenvalue weighted by molar-refractivity contribution is 7.14. The fourth-order valence-electron chi connectivity index (χ4n) is 6.17. The van der Waals surface area contributed by atoms with Crippen molar-refractivity contribution in [1.82, 2.24) is 20.1 Å². The number of aromatic nitrogens is 1. The van der Waals surface area contributed by atoms with Crippen LogP contribution >= 0.6 is 11.3 Å². The second kappa shape index (κ2) is 14.0. The van der Waals surface area contributed by atoms with E-state index in [1.165, 1.54) is 0 Å². The summed E-state index contributed by atoms with van der Waals surface area (Å²) in [6.07, 6.45) is -0.419. The van der Waals surface area contributed by atoms with Gasteiger partial charge >= 0.3 is 0 Å². The molecular formula is C32H45N5O6S. The van der Waals surface area contributed by atoms with Crippen molar-refractivity contribution in [1.29, 1.82) is 0 Å². The molecule has 0 aliphatic carbocycles. The molecule has 0 spiro atoms. The Morgan fingerprint density at radius 2 is 1.89 bits per heavy atom. The molecule has 2 amide bonds. The van der Waals surface area contributed by atoms with Gasteiger partial charge in [0, 0.05) is 62.9 Å². The molecule has 3 aliphatic rings. The molecule has 0 saturated carbocycles. The van der Waals surface area contributed by atoms with E-state index in [1.807, 2.05) is 45.2 Å². The van der Waals surface area contributed by atoms with Crippen LogP contribution in [0.3, 0.4) is 0 Å². The van der Waals surface area contributed by atoms with Gasteiger partial charge in [0.15, 0.2) is 10.9 Å². The van der Waals surface area contributed by atoms with Crippen LogP contribution in [0, 0.1) is 5.41 Å². The van der Waals surface area contributed by atoms with Gasteiger partial charge in [-0.25, -0.2) is 4.98 Å². The number of rotatable bonds is 11. The second-order valence-electron chi connectivity index (χ2n) is 12.9. The molecule has 240 valence electrons. The van der Waals surface area contributed by atoms with Crippen molar-refractivity contribution in [3.63, 3.8) is 0 Å². The largest absolute Gasteiger partial charge is 0.383 e. The minimum absolute atomic E-state index is 0.0304. The van der Waals surface area contributed by atoms with Crippen molar-refractivity contribution >= 4 is 34.1 Å². The molecule has 11 nitrogen and oxygen atoms in total. The average molecular weight is 628 g/mol. The highest BCUT2D eigenvalue weighted by Crippen LogP contribution is 2.32. The van der Waals surface area contributed by atoms with E-state index >= 15 is 0 Å². The smallest absolute Gasteiger partial charge is 0.251 e. The maximum atomic E-state index is 13.9. The number of ketones is 1. The lowest BCUT2D eigenvalue weighted by atomic mass is 9.87. The Morgan fingerprint density at radius 3 is 2.55 bits per heavy atom. The van der Waals surface area contributed by atoms with Crippen molar-refractivity contribution in [3.8, 4) is 11.3 Å². The molecule has 2 aromatic rings. The van der Waals surface area contributed by atoms with E-state index in [0.29, 0.717) is 18.6 Å². The van der Waals surface area contributed by atoms with E-state index in [0.717, 1.165) is 55.7 Å². The summed E-state index contributed by atoms with van der Waals surface area (Å²) in [6.45, 7) is 14.2. The first-order chi connectivity index (χ1) is 21.1. The van der Waals surface area contributed by atoms with Crippen LogP contribution in [-0.2, 0) is 23.8 Å². The van der Waals surface area contributed by atoms with Gasteiger partial charge in [-0.1, -0.05) is 32.9 Å². The third-order valence-corrected chi connectivity index (χ3v) is 9.31. The number of anilines is 1. The van der Waals surface area contributed by atoms with E-state index in [-0.39, 0.29) is 42.3 Å². The first-order valence-electron chi connectivity index (χ1n) is 15.5. The first-order valence-corrected chi connectivity index (χ1v) is 16.4. The van der Waals surface area contributed by atoms with Crippen LogP contribution < -0.4 is 10.2 Å². The number of benzene rings is 1. The minimum Gasteiger partial charge on any atom is -0.383 e. The van der Waals surface area contributed by atoms with Crippen molar-refractivity contribution < 1.29 is 28.6 Å². The van der Waals surface area contributed by atoms with Crippen LogP contribution in [0.25, 0.3) is 11.3 Å². The lowest BCUT2D eigenvalue weighted by Gasteiger charge is -2.34. The zero-order valence-electron chi connectivity index (χ0n) is 26.4. The number of nitrogens with one attached hydrogen (secondary N) is 1. The molecule has 1 aromatic heterocycles. The molecule has 4 atom stereocenters. The van der Waals surface area contributed by atoms with E-state index < -0.39 is 18.2 Å². The summed E-state index contributed by atoms with van der Waals surface area (Å²) in [7, 11) is 1.73. The maximum Gasteiger partial charge on any atom is 0.251 e. The molecule has 4 heterocycles. The summed E-state index contributed by atoms with van der Waals surface area (Å²) in [6, 6.07) is 5.84. The topological polar surface area (TPSA) is 114 Å². The lowest BCUT2D eigenvalue weighted by Crippen LogP contribution is -2.53. The van der Waals surface area contributed by atoms with E-state index in [2.05, 4.69) is 15.1 Å². The highest BCUT2D eigenvalue weighted by atomic mass is 32.1. The number of ether oxygens (including phenoxy) is 3. The summed E-state index contributed by atoms with van der Waals surface area (Å²) in [5.41, 5.74) is 2.01. The molecule has 3 saturated heterocycles. The number of hydrogen-bond acceptors (Lipinski definition) is 10. The minimum atomic E-state index is -0.798. The molecule has 3 fully saturated rings. The number of amides is 2. The predicted molar refractivity (Wildman–Crippen MR) is 169 cm³/mol. The van der Waals surface area contributed by atoms with Crippen LogP contribution in [0.15, 0.2) is 29.6 Å². The molecule has 12 heteroatoms. The zero-order valence-corrected chi connectivity index (χ0v) is 27.2. The van der Waals surface area contributed by atoms with Crippen molar-refractivity contribution in [2.24, 2.45) is 5.41 Å². The lowest BCUT2D eigenvalue weighted by molar-refractivity contribution is -0.139. The summed E-state index contributed by atoms with van der Waals surface area (Å²) in [5, 5.41) is 6.02. The maximum absolute atomic E-state index is 13.9. The zero-order chi connectivity index (χ0) is 31.4. The van der Waals surface area contributed by atoms with Crippen molar-refractivity contribution in [2.75, 3.05) is 71.1 Å². The van der Waals surface area contributed by atoms with Gasteiger partial charge in [-0.15, -0.1) is 11.3 Å². The van der Waals surface area contributed by atoms with Gasteiger partial charge in [-0.2, -0.15) is 0 Å². The fraction of sp³-hybridized carbons (Fsp3) is 0.625. The Labute approximate surface area is 263 Å². The number of piperazine rings is 1. The van der Waals surface area contributed by atoms with Gasteiger partial charge in [0.2, 0.25) is 5.91 Å². The van der Waals surface area contributed by atoms with E-state index in [1.54, 1.807) is 35.5 Å². The first kappa shape index (κ1) is 32.5. The third-order valence-electron chi connectivity index (χ3n) is 8.41. The van der Waals surface area contributed by atoms with Crippen LogP contribution in [0.4, 0.5) is 5.13 Å². The summed E-state index contributed by atoms with van der Waals surface area (Å²) < 4.78 is 16.7. The number of nitrogens with zero attached hydrogens (tertiary/aromatic N) is 4. The number of likely N-dealkylation sites (tertiary alicyclic amines) is 1. The van der Waals surface area contributed by atoms with E-state index in [9.17, 15) is 14.4 Å². The number of fused-ring (bicyclic) bond motifs is 1. The fourth-order valence-corrected chi connectivity index (χ4v) is 7.06. The van der Waals surface area contributed by atoms with Gasteiger partial charge in [-0.05, 0) is 30.9 Å². The molecule has 0 radical (unpaired) electrons. The Bertz CT molecular complexity index is 1300. The van der Waals surface area contributed by atoms with Crippen LogP contribution in [0.2, 0.25) is 0 Å². The van der Waals surface area contributed by atoms with Gasteiger partial charge in [0.1, 0.15) is 30.9 Å². The molecule has 0 unspecified atom stereocenters. The monoisotopic (exact) mass is 627 g/mol. The number of carbonyl (C=O) groups is 3.